The van der Waals surface area contributed by atoms with Gasteiger partial charge in [-0.15, -0.1) is 0 Å². The van der Waals surface area contributed by atoms with E-state index in [0.29, 0.717) is 13.0 Å². The van der Waals surface area contributed by atoms with E-state index >= 15 is 0 Å². The minimum Gasteiger partial charge on any atom is -0.462 e. The molecule has 0 aliphatic carbocycles. The van der Waals surface area contributed by atoms with Crippen molar-refractivity contribution in [2.24, 2.45) is 5.73 Å². The predicted molar refractivity (Wildman–Crippen MR) is 70.2 cm³/mol. The first-order chi connectivity index (χ1) is 8.59. The Morgan fingerprint density at radius 2 is 1.89 bits per heavy atom. The van der Waals surface area contributed by atoms with Crippen LogP contribution in [0.5, 0.6) is 0 Å². The van der Waals surface area contributed by atoms with E-state index in [1.54, 1.807) is 0 Å². The summed E-state index contributed by atoms with van der Waals surface area (Å²) in [5.74, 6) is -0.383. The Labute approximate surface area is 108 Å². The normalized spacial score (nSPS) is 12.4. The van der Waals surface area contributed by atoms with Gasteiger partial charge < -0.3 is 15.2 Å². The molecule has 4 heteroatoms. The molecule has 0 aliphatic rings. The smallest absolute Gasteiger partial charge is 0.323 e. The highest BCUT2D eigenvalue weighted by Crippen LogP contribution is 2.03. The number of ether oxygens (including phenoxy) is 2. The summed E-state index contributed by atoms with van der Waals surface area (Å²) in [6, 6.07) is 9.03. The molecular weight excluding hydrogens is 230 g/mol. The molecule has 18 heavy (non-hydrogen) atoms. The fourth-order valence-electron chi connectivity index (χ4n) is 1.48. The number of benzene rings is 1. The van der Waals surface area contributed by atoms with Gasteiger partial charge in [0.25, 0.3) is 0 Å². The van der Waals surface area contributed by atoms with Gasteiger partial charge >= 0.3 is 5.97 Å². The third-order valence-electron chi connectivity index (χ3n) is 2.38. The highest BCUT2D eigenvalue weighted by Gasteiger charge is 2.15. The summed E-state index contributed by atoms with van der Waals surface area (Å²) in [6.45, 7) is 4.52. The molecule has 0 heterocycles. The molecular formula is C14H21NO3. The Hall–Kier alpha value is -1.39. The molecule has 0 spiro atoms. The Bertz CT molecular complexity index is 351. The molecule has 0 radical (unpaired) electrons. The molecule has 1 aromatic rings. The molecule has 1 atom stereocenters. The lowest BCUT2D eigenvalue weighted by atomic mass is 10.1. The van der Waals surface area contributed by atoms with Crippen LogP contribution >= 0.6 is 0 Å². The second kappa shape index (κ2) is 7.84. The fourth-order valence-corrected chi connectivity index (χ4v) is 1.48. The molecule has 100 valence electrons. The molecule has 0 bridgehead atoms. The number of esters is 1. The maximum Gasteiger partial charge on any atom is 0.323 e. The molecule has 0 saturated heterocycles. The lowest BCUT2D eigenvalue weighted by Gasteiger charge is -2.12. The van der Waals surface area contributed by atoms with E-state index in [-0.39, 0.29) is 18.7 Å². The fraction of sp³-hybridized carbons (Fsp3) is 0.500. The standard InChI is InChI=1S/C14H21NO3/c1-11(2)17-8-9-18-14(16)13(15)10-12-6-4-3-5-7-12/h3-7,11,13H,8-10,15H2,1-2H3/t13-/m0/s1. The van der Waals surface area contributed by atoms with Crippen molar-refractivity contribution in [3.8, 4) is 0 Å². The molecule has 1 aromatic carbocycles. The van der Waals surface area contributed by atoms with Crippen LogP contribution < -0.4 is 5.73 Å². The van der Waals surface area contributed by atoms with E-state index in [1.165, 1.54) is 0 Å². The van der Waals surface area contributed by atoms with Crippen molar-refractivity contribution in [3.63, 3.8) is 0 Å². The number of carbonyl (C=O) groups is 1. The van der Waals surface area contributed by atoms with Crippen LogP contribution in [0.2, 0.25) is 0 Å². The third kappa shape index (κ3) is 5.80. The van der Waals surface area contributed by atoms with Crippen molar-refractivity contribution in [2.45, 2.75) is 32.4 Å². The van der Waals surface area contributed by atoms with Crippen LogP contribution in [0.3, 0.4) is 0 Å². The van der Waals surface area contributed by atoms with E-state index in [9.17, 15) is 4.79 Å². The highest BCUT2D eigenvalue weighted by atomic mass is 16.6. The van der Waals surface area contributed by atoms with E-state index in [0.717, 1.165) is 5.56 Å². The molecule has 0 aromatic heterocycles. The first-order valence-electron chi connectivity index (χ1n) is 6.17. The third-order valence-corrected chi connectivity index (χ3v) is 2.38. The maximum atomic E-state index is 11.6. The molecule has 0 fully saturated rings. The summed E-state index contributed by atoms with van der Waals surface area (Å²) in [7, 11) is 0. The zero-order chi connectivity index (χ0) is 13.4. The van der Waals surface area contributed by atoms with Gasteiger partial charge in [-0.2, -0.15) is 0 Å². The van der Waals surface area contributed by atoms with Gasteiger partial charge in [0, 0.05) is 0 Å². The number of carbonyl (C=O) groups excluding carboxylic acids is 1. The molecule has 0 aliphatic heterocycles. The Morgan fingerprint density at radius 3 is 2.50 bits per heavy atom. The van der Waals surface area contributed by atoms with E-state index < -0.39 is 6.04 Å². The molecule has 0 unspecified atom stereocenters. The number of hydrogen-bond donors (Lipinski definition) is 1. The molecule has 1 rings (SSSR count). The van der Waals surface area contributed by atoms with Gasteiger partial charge in [0.15, 0.2) is 0 Å². The van der Waals surface area contributed by atoms with Crippen LogP contribution in [0.25, 0.3) is 0 Å². The monoisotopic (exact) mass is 251 g/mol. The predicted octanol–water partition coefficient (Wildman–Crippen LogP) is 1.52. The van der Waals surface area contributed by atoms with Crippen molar-refractivity contribution in [1.82, 2.24) is 0 Å². The van der Waals surface area contributed by atoms with Crippen molar-refractivity contribution >= 4 is 5.97 Å². The van der Waals surface area contributed by atoms with Crippen LogP contribution in [-0.4, -0.2) is 31.3 Å². The quantitative estimate of drug-likeness (QED) is 0.589. The number of nitrogens with two attached hydrogens (primary N) is 1. The minimum absolute atomic E-state index is 0.140. The SMILES string of the molecule is CC(C)OCCOC(=O)[C@@H](N)Cc1ccccc1. The Kier molecular flexibility index (Phi) is 6.39. The number of rotatable bonds is 7. The summed E-state index contributed by atoms with van der Waals surface area (Å²) in [6.07, 6.45) is 0.631. The first-order valence-corrected chi connectivity index (χ1v) is 6.17. The van der Waals surface area contributed by atoms with Gasteiger partial charge in [-0.1, -0.05) is 30.3 Å². The average molecular weight is 251 g/mol. The summed E-state index contributed by atoms with van der Waals surface area (Å²) < 4.78 is 10.3. The van der Waals surface area contributed by atoms with Gasteiger partial charge in [-0.25, -0.2) is 0 Å². The van der Waals surface area contributed by atoms with Crippen LogP contribution in [0.4, 0.5) is 0 Å². The highest BCUT2D eigenvalue weighted by molar-refractivity contribution is 5.75. The summed E-state index contributed by atoms with van der Waals surface area (Å²) in [5.41, 5.74) is 6.80. The van der Waals surface area contributed by atoms with Crippen LogP contribution in [0.15, 0.2) is 30.3 Å². The van der Waals surface area contributed by atoms with Gasteiger partial charge in [-0.05, 0) is 25.8 Å². The van der Waals surface area contributed by atoms with Gasteiger partial charge in [0.2, 0.25) is 0 Å². The van der Waals surface area contributed by atoms with E-state index in [1.807, 2.05) is 44.2 Å². The van der Waals surface area contributed by atoms with Crippen LogP contribution in [-0.2, 0) is 20.7 Å². The van der Waals surface area contributed by atoms with Crippen LogP contribution in [0.1, 0.15) is 19.4 Å². The first kappa shape index (κ1) is 14.7. The molecule has 2 N–H and O–H groups in total. The zero-order valence-corrected chi connectivity index (χ0v) is 11.0. The van der Waals surface area contributed by atoms with Crippen molar-refractivity contribution in [2.75, 3.05) is 13.2 Å². The number of hydrogen-bond acceptors (Lipinski definition) is 4. The van der Waals surface area contributed by atoms with Crippen molar-refractivity contribution < 1.29 is 14.3 Å². The summed E-state index contributed by atoms with van der Waals surface area (Å²) in [5, 5.41) is 0. The van der Waals surface area contributed by atoms with E-state index in [4.69, 9.17) is 15.2 Å². The van der Waals surface area contributed by atoms with Crippen LogP contribution in [0, 0.1) is 0 Å². The van der Waals surface area contributed by atoms with Gasteiger partial charge in [-0.3, -0.25) is 4.79 Å². The van der Waals surface area contributed by atoms with Gasteiger partial charge in [0.05, 0.1) is 12.7 Å². The molecule has 0 amide bonds. The van der Waals surface area contributed by atoms with E-state index in [2.05, 4.69) is 0 Å². The average Bonchev–Trinajstić information content (AvgIpc) is 2.35. The lowest BCUT2D eigenvalue weighted by molar-refractivity contribution is -0.147. The van der Waals surface area contributed by atoms with Gasteiger partial charge in [0.1, 0.15) is 12.6 Å². The molecule has 0 saturated carbocycles. The summed E-state index contributed by atoms with van der Waals surface area (Å²) >= 11 is 0. The van der Waals surface area contributed by atoms with Crippen molar-refractivity contribution in [3.05, 3.63) is 35.9 Å². The topological polar surface area (TPSA) is 61.5 Å². The molecule has 4 nitrogen and oxygen atoms in total. The second-order valence-corrected chi connectivity index (χ2v) is 4.38. The summed E-state index contributed by atoms with van der Waals surface area (Å²) in [4.78, 5) is 11.6. The Balaban J connectivity index is 2.25. The lowest BCUT2D eigenvalue weighted by Crippen LogP contribution is -2.35. The second-order valence-electron chi connectivity index (χ2n) is 4.38. The minimum atomic E-state index is -0.619. The maximum absolute atomic E-state index is 11.6. The largest absolute Gasteiger partial charge is 0.462 e. The van der Waals surface area contributed by atoms with Crippen molar-refractivity contribution in [1.29, 1.82) is 0 Å². The Morgan fingerprint density at radius 1 is 1.22 bits per heavy atom. The zero-order valence-electron chi connectivity index (χ0n) is 11.0.